The molecule has 0 N–H and O–H groups in total. The van der Waals surface area contributed by atoms with E-state index in [-0.39, 0.29) is 17.2 Å². The minimum atomic E-state index is -0.446. The van der Waals surface area contributed by atoms with Gasteiger partial charge in [-0.15, -0.1) is 24.0 Å². The van der Waals surface area contributed by atoms with E-state index in [4.69, 9.17) is 0 Å². The molecule has 0 aliphatic heterocycles. The summed E-state index contributed by atoms with van der Waals surface area (Å²) >= 11 is 4.97. The Bertz CT molecular complexity index is 610. The number of thiazole rings is 1. The van der Waals surface area contributed by atoms with Gasteiger partial charge in [-0.2, -0.15) is 0 Å². The molecule has 1 heterocycles. The fourth-order valence-corrected chi connectivity index (χ4v) is 2.54. The molecule has 0 aliphatic carbocycles. The molecule has 92 valence electrons. The molecule has 1 aromatic carbocycles. The second-order valence-corrected chi connectivity index (χ2v) is 4.91. The van der Waals surface area contributed by atoms with Crippen molar-refractivity contribution in [3.63, 3.8) is 0 Å². The predicted octanol–water partition coefficient (Wildman–Crippen LogP) is 2.72. The van der Waals surface area contributed by atoms with Crippen molar-refractivity contribution in [2.24, 2.45) is 0 Å². The van der Waals surface area contributed by atoms with Crippen molar-refractivity contribution in [1.29, 1.82) is 0 Å². The highest BCUT2D eigenvalue weighted by Crippen LogP contribution is 2.30. The van der Waals surface area contributed by atoms with Gasteiger partial charge in [0.25, 0.3) is 5.69 Å². The van der Waals surface area contributed by atoms with E-state index in [1.807, 2.05) is 0 Å². The van der Waals surface area contributed by atoms with Crippen molar-refractivity contribution in [1.82, 2.24) is 4.98 Å². The average Bonchev–Trinajstić information content (AvgIpc) is 2.76. The minimum Gasteiger partial charge on any atom is -0.287 e. The fourth-order valence-electron chi connectivity index (χ4n) is 1.49. The second-order valence-electron chi connectivity index (χ2n) is 3.47. The highest BCUT2D eigenvalue weighted by atomic mass is 32.1. The third-order valence-electron chi connectivity index (χ3n) is 2.23. The van der Waals surface area contributed by atoms with E-state index in [0.717, 1.165) is 0 Å². The van der Waals surface area contributed by atoms with Crippen molar-refractivity contribution < 1.29 is 9.72 Å². The molecule has 18 heavy (non-hydrogen) atoms. The quantitative estimate of drug-likeness (QED) is 0.531. The smallest absolute Gasteiger partial charge is 0.278 e. The monoisotopic (exact) mass is 280 g/mol. The van der Waals surface area contributed by atoms with Gasteiger partial charge in [0.1, 0.15) is 5.01 Å². The maximum Gasteiger partial charge on any atom is 0.278 e. The van der Waals surface area contributed by atoms with Crippen LogP contribution >= 0.6 is 24.0 Å². The van der Waals surface area contributed by atoms with E-state index in [0.29, 0.717) is 16.3 Å². The molecule has 0 saturated heterocycles. The van der Waals surface area contributed by atoms with E-state index in [1.165, 1.54) is 17.4 Å². The van der Waals surface area contributed by atoms with Gasteiger partial charge in [0.15, 0.2) is 5.12 Å². The van der Waals surface area contributed by atoms with Crippen molar-refractivity contribution in [3.8, 4) is 11.3 Å². The molecular weight excluding hydrogens is 272 g/mol. The maximum absolute atomic E-state index is 10.9. The molecule has 0 amide bonds. The first-order valence-corrected chi connectivity index (χ1v) is 6.30. The highest BCUT2D eigenvalue weighted by molar-refractivity contribution is 7.96. The number of hydrogen-bond acceptors (Lipinski definition) is 5. The number of nitro groups is 1. The molecule has 0 bridgehead atoms. The van der Waals surface area contributed by atoms with E-state index >= 15 is 0 Å². The Morgan fingerprint density at radius 2 is 2.17 bits per heavy atom. The van der Waals surface area contributed by atoms with E-state index in [2.05, 4.69) is 17.6 Å². The lowest BCUT2D eigenvalue weighted by atomic mass is 10.1. The largest absolute Gasteiger partial charge is 0.287 e. The number of carbonyl (C=O) groups excluding carboxylic acids is 1. The van der Waals surface area contributed by atoms with Gasteiger partial charge in [-0.05, 0) is 6.07 Å². The molecule has 0 aliphatic rings. The molecule has 7 heteroatoms. The van der Waals surface area contributed by atoms with Gasteiger partial charge in [-0.1, -0.05) is 12.1 Å². The maximum atomic E-state index is 10.9. The molecule has 2 rings (SSSR count). The van der Waals surface area contributed by atoms with Crippen LogP contribution < -0.4 is 0 Å². The Kier molecular flexibility index (Phi) is 3.73. The topological polar surface area (TPSA) is 73.1 Å². The second kappa shape index (κ2) is 5.28. The van der Waals surface area contributed by atoms with Crippen LogP contribution in [0.3, 0.4) is 0 Å². The lowest BCUT2D eigenvalue weighted by Gasteiger charge is -1.98. The number of nitrogens with zero attached hydrogens (tertiary/aromatic N) is 2. The van der Waals surface area contributed by atoms with Gasteiger partial charge < -0.3 is 0 Å². The Morgan fingerprint density at radius 1 is 1.44 bits per heavy atom. The number of nitro benzene ring substituents is 1. The molecule has 5 nitrogen and oxygen atoms in total. The number of para-hydroxylation sites is 1. The zero-order valence-corrected chi connectivity index (χ0v) is 10.8. The van der Waals surface area contributed by atoms with Gasteiger partial charge in [0.2, 0.25) is 0 Å². The number of carbonyl (C=O) groups is 1. The van der Waals surface area contributed by atoms with Crippen molar-refractivity contribution in [3.05, 3.63) is 44.8 Å². The van der Waals surface area contributed by atoms with Gasteiger partial charge in [0, 0.05) is 11.4 Å². The predicted molar refractivity (Wildman–Crippen MR) is 71.9 cm³/mol. The van der Waals surface area contributed by atoms with Gasteiger partial charge >= 0.3 is 0 Å². The van der Waals surface area contributed by atoms with Crippen LogP contribution in [0.25, 0.3) is 11.3 Å². The molecular formula is C11H8N2O3S2. The molecule has 0 spiro atoms. The summed E-state index contributed by atoms with van der Waals surface area (Å²) in [6, 6.07) is 6.38. The fraction of sp³-hybridized carbons (Fsp3) is 0.0909. The Morgan fingerprint density at radius 3 is 2.83 bits per heavy atom. The summed E-state index contributed by atoms with van der Waals surface area (Å²) in [6.45, 7) is 0. The summed E-state index contributed by atoms with van der Waals surface area (Å²) < 4.78 is 0. The standard InChI is InChI=1S/C11H8N2O3S2/c14-11(17)5-10-12-8(6-18-10)7-3-1-2-4-9(7)13(15)16/h1-4,6H,5H2,(H,14,17). The van der Waals surface area contributed by atoms with Crippen molar-refractivity contribution in [2.75, 3.05) is 0 Å². The number of benzene rings is 1. The minimum absolute atomic E-state index is 0.00606. The zero-order valence-electron chi connectivity index (χ0n) is 9.07. The van der Waals surface area contributed by atoms with E-state index in [9.17, 15) is 14.9 Å². The summed E-state index contributed by atoms with van der Waals surface area (Å²) in [5.41, 5.74) is 0.972. The van der Waals surface area contributed by atoms with E-state index in [1.54, 1.807) is 23.6 Å². The lowest BCUT2D eigenvalue weighted by Crippen LogP contribution is -1.94. The zero-order chi connectivity index (χ0) is 13.1. The van der Waals surface area contributed by atoms with Crippen LogP contribution in [0.4, 0.5) is 5.69 Å². The van der Waals surface area contributed by atoms with E-state index < -0.39 is 4.92 Å². The van der Waals surface area contributed by atoms with Crippen LogP contribution in [0, 0.1) is 10.1 Å². The van der Waals surface area contributed by atoms with Crippen LogP contribution in [-0.4, -0.2) is 15.0 Å². The third-order valence-corrected chi connectivity index (χ3v) is 3.24. The van der Waals surface area contributed by atoms with Crippen LogP contribution in [0.15, 0.2) is 29.6 Å². The molecule has 0 radical (unpaired) electrons. The van der Waals surface area contributed by atoms with Gasteiger partial charge in [-0.25, -0.2) is 4.98 Å². The number of rotatable bonds is 4. The van der Waals surface area contributed by atoms with Gasteiger partial charge in [0.05, 0.1) is 22.6 Å². The molecule has 0 fully saturated rings. The number of aromatic nitrogens is 1. The third kappa shape index (κ3) is 2.74. The lowest BCUT2D eigenvalue weighted by molar-refractivity contribution is -0.384. The number of hydrogen-bond donors (Lipinski definition) is 1. The summed E-state index contributed by atoms with van der Waals surface area (Å²) in [6.07, 6.45) is 0.133. The molecule has 0 atom stereocenters. The number of thiol groups is 1. The molecule has 1 aromatic heterocycles. The summed E-state index contributed by atoms with van der Waals surface area (Å²) in [7, 11) is 0. The van der Waals surface area contributed by atoms with Gasteiger partial charge in [-0.3, -0.25) is 14.9 Å². The SMILES string of the molecule is O=C(S)Cc1nc(-c2ccccc2[N+](=O)[O-])cs1. The van der Waals surface area contributed by atoms with Crippen LogP contribution in [0.2, 0.25) is 0 Å². The van der Waals surface area contributed by atoms with Crippen molar-refractivity contribution >= 4 is 34.8 Å². The summed E-state index contributed by atoms with van der Waals surface area (Å²) in [5.74, 6) is 0. The first kappa shape index (κ1) is 12.7. The normalized spacial score (nSPS) is 10.3. The van der Waals surface area contributed by atoms with Crippen LogP contribution in [0.1, 0.15) is 5.01 Å². The first-order chi connectivity index (χ1) is 8.58. The van der Waals surface area contributed by atoms with Crippen LogP contribution in [-0.2, 0) is 11.2 Å². The van der Waals surface area contributed by atoms with Crippen LogP contribution in [0.5, 0.6) is 0 Å². The van der Waals surface area contributed by atoms with Crippen molar-refractivity contribution in [2.45, 2.75) is 6.42 Å². The Hall–Kier alpha value is -1.73. The molecule has 2 aromatic rings. The summed E-state index contributed by atoms with van der Waals surface area (Å²) in [4.78, 5) is 25.5. The Labute approximate surface area is 112 Å². The first-order valence-electron chi connectivity index (χ1n) is 4.98. The summed E-state index contributed by atoms with van der Waals surface area (Å²) in [5, 5.41) is 12.9. The average molecular weight is 280 g/mol. The molecule has 0 saturated carbocycles. The molecule has 0 unspecified atom stereocenters. The highest BCUT2D eigenvalue weighted by Gasteiger charge is 2.16. The Balaban J connectivity index is 2.40.